The number of nitrogens with one attached hydrogen (secondary N) is 4. The predicted octanol–water partition coefficient (Wildman–Crippen LogP) is 18.9. The molecule has 3 saturated heterocycles. The number of benzene rings is 6. The second kappa shape index (κ2) is 40.2. The van der Waals surface area contributed by atoms with Gasteiger partial charge in [0.1, 0.15) is 45.8 Å². The number of aromatic nitrogens is 4. The fourth-order valence-electron chi connectivity index (χ4n) is 20.7. The Labute approximate surface area is 802 Å². The number of anilines is 2. The van der Waals surface area contributed by atoms with E-state index in [2.05, 4.69) is 107 Å². The summed E-state index contributed by atoms with van der Waals surface area (Å²) in [7, 11) is -10.1. The van der Waals surface area contributed by atoms with Gasteiger partial charge in [-0.05, 0) is 248 Å². The number of methoxy groups -OCH3 is 1. The van der Waals surface area contributed by atoms with Crippen LogP contribution in [0.5, 0.6) is 34.5 Å². The zero-order valence-electron chi connectivity index (χ0n) is 77.3. The van der Waals surface area contributed by atoms with Crippen molar-refractivity contribution in [2.45, 2.75) is 145 Å². The Bertz CT molecular complexity index is 6650. The van der Waals surface area contributed by atoms with Crippen LogP contribution in [0.3, 0.4) is 0 Å². The van der Waals surface area contributed by atoms with Crippen molar-refractivity contribution in [2.75, 3.05) is 115 Å². The minimum atomic E-state index is -4.66. The summed E-state index contributed by atoms with van der Waals surface area (Å²) in [5.74, 6) is 3.64. The maximum atomic E-state index is 14.1. The lowest BCUT2D eigenvalue weighted by atomic mass is 9.72. The molecule has 18 rings (SSSR count). The molecule has 3 amide bonds. The molecule has 6 aromatic carbocycles. The van der Waals surface area contributed by atoms with Crippen LogP contribution in [0, 0.1) is 54.7 Å². The molecular formula is C101H115Cl2N13O17S3. The number of halogens is 2. The zero-order valence-corrected chi connectivity index (χ0v) is 81.2. The molecule has 3 aliphatic carbocycles. The number of piperazine rings is 2. The number of ether oxygens (including phenoxy) is 5. The number of hydrogen-bond acceptors (Lipinski definition) is 23. The van der Waals surface area contributed by atoms with Crippen LogP contribution in [-0.2, 0) is 47.1 Å². The molecule has 4 fully saturated rings. The predicted molar refractivity (Wildman–Crippen MR) is 528 cm³/mol. The molecule has 0 bridgehead atoms. The van der Waals surface area contributed by atoms with Crippen molar-refractivity contribution < 1.29 is 69.0 Å². The van der Waals surface area contributed by atoms with E-state index < -0.39 is 66.7 Å². The van der Waals surface area contributed by atoms with Crippen molar-refractivity contribution in [2.24, 2.45) is 34.5 Å². The average Bonchev–Trinajstić information content (AvgIpc) is 0.839. The third-order valence-corrected chi connectivity index (χ3v) is 33.3. The van der Waals surface area contributed by atoms with Gasteiger partial charge >= 0.3 is 6.09 Å². The topological polar surface area (TPSA) is 367 Å². The van der Waals surface area contributed by atoms with E-state index in [0.29, 0.717) is 97.9 Å². The molecule has 35 heteroatoms. The van der Waals surface area contributed by atoms with E-state index in [1.54, 1.807) is 66.0 Å². The Morgan fingerprint density at radius 1 is 0.537 bits per heavy atom. The van der Waals surface area contributed by atoms with Crippen molar-refractivity contribution in [1.82, 2.24) is 44.1 Å². The lowest BCUT2D eigenvalue weighted by Gasteiger charge is -2.39. The Morgan fingerprint density at radius 2 is 0.949 bits per heavy atom. The monoisotopic (exact) mass is 1950 g/mol. The third kappa shape index (κ3) is 22.6. The molecule has 1 unspecified atom stereocenters. The number of amides is 3. The SMILES string of the molecule is C=S(C)(=O)C1CCC(C[C@H]2COc3cc(S(=O)(=O)NC(=O)c4ccc(N5CCN(CC6=C(c7ccc(Cl)cc7)CC(C)(C)CC6)CC5)cc4Oc4cnc5[nH]ccc5c4)cc([N+](=O)[O-])c3C2)CC1.COC(=O)N1CCC(C[C@H]2COc3cc(S(=O)(=O)NC(=O)c4ccc(N5CCN(CC6=C(c7ccc(Cl)cc7)CC(C)(C)CC6)CC5)cc4Oc4cnc5[nH]ccc5c4)cc([N+](=O)[O-])c3C2)CC1. The summed E-state index contributed by atoms with van der Waals surface area (Å²) < 4.78 is 102. The maximum Gasteiger partial charge on any atom is 0.409 e. The lowest BCUT2D eigenvalue weighted by molar-refractivity contribution is -0.386. The number of sulfonamides is 2. The highest BCUT2D eigenvalue weighted by molar-refractivity contribution is 8.00. The van der Waals surface area contributed by atoms with Gasteiger partial charge in [-0.1, -0.05) is 86.3 Å². The number of nitro groups is 2. The number of rotatable bonds is 25. The summed E-state index contributed by atoms with van der Waals surface area (Å²) in [5, 5.41) is 28.0. The first-order valence-corrected chi connectivity index (χ1v) is 52.5. The number of carbonyl (C=O) groups is 3. The number of fused-ring (bicyclic) bond motifs is 4. The van der Waals surface area contributed by atoms with E-state index in [1.165, 1.54) is 71.1 Å². The molecular weight excluding hydrogens is 1830 g/mol. The fraction of sp³-hybridized carbons (Fsp3) is 0.426. The normalized spacial score (nSPS) is 20.5. The Hall–Kier alpha value is -11.6. The second-order valence-electron chi connectivity index (χ2n) is 39.2. The largest absolute Gasteiger partial charge is 0.493 e. The summed E-state index contributed by atoms with van der Waals surface area (Å²) in [6.07, 6.45) is 21.5. The number of pyridine rings is 2. The molecule has 8 aliphatic rings. The Kier molecular flexibility index (Phi) is 28.4. The number of aromatic amines is 2. The van der Waals surface area contributed by atoms with Gasteiger partial charge in [-0.15, -0.1) is 0 Å². The van der Waals surface area contributed by atoms with Crippen LogP contribution in [0.2, 0.25) is 10.0 Å². The molecule has 9 heterocycles. The fourth-order valence-corrected chi connectivity index (χ4v) is 24.2. The van der Waals surface area contributed by atoms with Gasteiger partial charge in [0, 0.05) is 171 Å². The molecule has 4 N–H and O–H groups in total. The first-order valence-electron chi connectivity index (χ1n) is 46.5. The van der Waals surface area contributed by atoms with E-state index in [9.17, 15) is 55.7 Å². The third-order valence-electron chi connectivity index (χ3n) is 28.3. The molecule has 10 aromatic rings. The Balaban J connectivity index is 0.000000189. The number of hydrogen-bond donors (Lipinski definition) is 4. The van der Waals surface area contributed by atoms with Gasteiger partial charge in [0.25, 0.3) is 43.2 Å². The first-order chi connectivity index (χ1) is 65.0. The number of H-pyrrole nitrogens is 2. The van der Waals surface area contributed by atoms with Crippen molar-refractivity contribution in [3.63, 3.8) is 0 Å². The van der Waals surface area contributed by atoms with Crippen LogP contribution in [0.25, 0.3) is 33.2 Å². The summed E-state index contributed by atoms with van der Waals surface area (Å²) in [5.41, 5.74) is 11.3. The number of nitrogens with zero attached hydrogens (tertiary/aromatic N) is 9. The minimum Gasteiger partial charge on any atom is -0.493 e. The molecule has 4 aromatic heterocycles. The van der Waals surface area contributed by atoms with Gasteiger partial charge in [-0.25, -0.2) is 41.0 Å². The van der Waals surface area contributed by atoms with E-state index in [1.807, 2.05) is 36.4 Å². The van der Waals surface area contributed by atoms with Gasteiger partial charge in [0.2, 0.25) is 0 Å². The van der Waals surface area contributed by atoms with Gasteiger partial charge < -0.3 is 48.4 Å². The maximum absolute atomic E-state index is 14.1. The molecule has 0 spiro atoms. The summed E-state index contributed by atoms with van der Waals surface area (Å²) in [6.45, 7) is 18.8. The summed E-state index contributed by atoms with van der Waals surface area (Å²) >= 11 is 12.5. The van der Waals surface area contributed by atoms with Crippen LogP contribution in [0.1, 0.15) is 161 Å². The quantitative estimate of drug-likeness (QED) is 0.0234. The summed E-state index contributed by atoms with van der Waals surface area (Å²) in [6, 6.07) is 38.2. The molecule has 30 nitrogen and oxygen atoms in total. The van der Waals surface area contributed by atoms with Crippen molar-refractivity contribution in [3.8, 4) is 34.5 Å². The summed E-state index contributed by atoms with van der Waals surface area (Å²) in [4.78, 5) is 89.0. The van der Waals surface area contributed by atoms with E-state index in [-0.39, 0.29) is 87.0 Å². The number of nitro benzene ring substituents is 2. The van der Waals surface area contributed by atoms with Crippen LogP contribution in [0.4, 0.5) is 27.5 Å². The van der Waals surface area contributed by atoms with Crippen molar-refractivity contribution in [3.05, 3.63) is 233 Å². The number of likely N-dealkylation sites (tertiary alicyclic amines) is 1. The number of piperidine rings is 1. The van der Waals surface area contributed by atoms with E-state index in [4.69, 9.17) is 46.9 Å². The highest BCUT2D eigenvalue weighted by Gasteiger charge is 2.40. The molecule has 1 saturated carbocycles. The molecule has 0 radical (unpaired) electrons. The van der Waals surface area contributed by atoms with E-state index >= 15 is 0 Å². The first kappa shape index (κ1) is 96.1. The highest BCUT2D eigenvalue weighted by Crippen LogP contribution is 2.49. The van der Waals surface area contributed by atoms with Crippen LogP contribution in [-0.4, -0.2) is 200 Å². The van der Waals surface area contributed by atoms with Crippen LogP contribution >= 0.6 is 23.2 Å². The van der Waals surface area contributed by atoms with E-state index in [0.717, 1.165) is 173 Å². The van der Waals surface area contributed by atoms with Gasteiger partial charge in [0.15, 0.2) is 0 Å². The second-order valence-corrected chi connectivity index (χ2v) is 46.2. The van der Waals surface area contributed by atoms with Crippen LogP contribution in [0.15, 0.2) is 179 Å². The number of allylic oxidation sites excluding steroid dienone is 2. The van der Waals surface area contributed by atoms with Crippen LogP contribution < -0.4 is 38.2 Å². The highest BCUT2D eigenvalue weighted by atomic mass is 35.5. The Morgan fingerprint density at radius 3 is 1.35 bits per heavy atom. The zero-order chi connectivity index (χ0) is 95.7. The molecule has 3 atom stereocenters. The van der Waals surface area contributed by atoms with Crippen molar-refractivity contribution in [1.29, 1.82) is 0 Å². The molecule has 718 valence electrons. The average molecular weight is 1950 g/mol. The lowest BCUT2D eigenvalue weighted by Crippen LogP contribution is -2.47. The standard InChI is InChI=1S/C51H59ClN6O8S2.C50H56ClN7O9S/c1-51(2)17-15-37(45(29-51)35-7-9-38(52)10-8-35)31-56-19-21-57(22-20-56)39-11-14-43(48(26-39)66-40-25-36-16-18-53-49(36)54-30-40)50(59)55-68(63,64)42-27-46(58(60)61)44-24-34(32-65-47(44)28-42)23-33-5-12-41(13-6-33)67(3,4)62;1-50(2)14-10-36(43(28-50)34-4-6-37(51)7-5-34)30-55-18-20-56(21-19-55)38-8-9-41(46(25-38)67-39-24-35-11-15-52-47(35)53-29-39)48(59)54-68(63,64)40-26-44(58(61)62)42-23-33(31-66-45(42)27-40)22-32-12-16-57(17-13-32)49(60)65-3/h7-11,14,16,18,25-28,30,33-34,41H,3,5-6,12-13,15,17,19-24,29,31-32H2,1-2,4H3,(H,53,54)(H,55,59);4-9,11,15,24-27,29,32-33H,10,12-14,16-23,28,30-31H2,1-3H3,(H,52,53)(H,54,59)/t33?,34-,41?,67?;33-/m11/s1. The van der Waals surface area contributed by atoms with Crippen molar-refractivity contribution >= 4 is 133 Å². The minimum absolute atomic E-state index is 0.00457. The van der Waals surface area contributed by atoms with Gasteiger partial charge in [-0.3, -0.25) is 43.8 Å². The molecule has 5 aliphatic heterocycles. The van der Waals surface area contributed by atoms with Gasteiger partial charge in [-0.2, -0.15) is 0 Å². The smallest absolute Gasteiger partial charge is 0.409 e. The van der Waals surface area contributed by atoms with Gasteiger partial charge in [0.05, 0.1) is 74.6 Å². The molecule has 136 heavy (non-hydrogen) atoms. The number of carbonyl (C=O) groups excluding carboxylic acids is 3.